The molecule has 1 aromatic carbocycles. The van der Waals surface area contributed by atoms with Crippen LogP contribution in [-0.2, 0) is 6.42 Å². The fraction of sp³-hybridized carbons (Fsp3) is 0.200. The van der Waals surface area contributed by atoms with E-state index in [4.69, 9.17) is 16.7 Å². The van der Waals surface area contributed by atoms with E-state index in [9.17, 15) is 4.79 Å². The Morgan fingerprint density at radius 2 is 2.25 bits per heavy atom. The number of nitrogens with zero attached hydrogens (tertiary/aromatic N) is 1. The molecule has 20 heavy (non-hydrogen) atoms. The molecule has 102 valence electrons. The van der Waals surface area contributed by atoms with Crippen LogP contribution in [0.25, 0.3) is 0 Å². The largest absolute Gasteiger partial charge is 0.478 e. The molecular weight excluding hydrogens is 276 g/mol. The number of carbonyl (C=O) groups is 1. The number of anilines is 1. The fourth-order valence-corrected chi connectivity index (χ4v) is 2.68. The average molecular weight is 289 g/mol. The fourth-order valence-electron chi connectivity index (χ4n) is 2.45. The Bertz CT molecular complexity index is 673. The van der Waals surface area contributed by atoms with Gasteiger partial charge in [0.05, 0.1) is 10.6 Å². The number of carboxylic acid groups (broad SMARTS) is 1. The van der Waals surface area contributed by atoms with Crippen molar-refractivity contribution in [3.8, 4) is 0 Å². The lowest BCUT2D eigenvalue weighted by Crippen LogP contribution is -2.24. The molecule has 0 aliphatic heterocycles. The summed E-state index contributed by atoms with van der Waals surface area (Å²) in [5.74, 6) is -0.0388. The van der Waals surface area contributed by atoms with Gasteiger partial charge < -0.3 is 10.4 Å². The summed E-state index contributed by atoms with van der Waals surface area (Å²) < 4.78 is 0. The Balaban J connectivity index is 1.67. The zero-order chi connectivity index (χ0) is 14.1. The summed E-state index contributed by atoms with van der Waals surface area (Å²) in [6, 6.07) is 9.77. The first-order valence-electron chi connectivity index (χ1n) is 6.35. The molecule has 1 heterocycles. The molecule has 0 saturated heterocycles. The number of aromatic carboxylic acids is 1. The van der Waals surface area contributed by atoms with E-state index in [1.807, 2.05) is 12.1 Å². The molecule has 0 spiro atoms. The molecule has 1 aliphatic carbocycles. The average Bonchev–Trinajstić information content (AvgIpc) is 2.41. The van der Waals surface area contributed by atoms with Crippen molar-refractivity contribution in [3.05, 3.63) is 58.2 Å². The number of pyridine rings is 1. The van der Waals surface area contributed by atoms with Gasteiger partial charge in [-0.15, -0.1) is 0 Å². The maximum atomic E-state index is 10.8. The van der Waals surface area contributed by atoms with Crippen LogP contribution in [0.3, 0.4) is 0 Å². The van der Waals surface area contributed by atoms with E-state index in [1.165, 1.54) is 23.4 Å². The van der Waals surface area contributed by atoms with Crippen molar-refractivity contribution < 1.29 is 9.90 Å². The van der Waals surface area contributed by atoms with Crippen molar-refractivity contribution in [2.45, 2.75) is 12.3 Å². The van der Waals surface area contributed by atoms with Crippen LogP contribution in [0, 0.1) is 0 Å². The second-order valence-electron chi connectivity index (χ2n) is 4.84. The molecule has 5 heteroatoms. The summed E-state index contributed by atoms with van der Waals surface area (Å²) in [6.45, 7) is 0.746. The minimum atomic E-state index is -1.03. The normalized spacial score (nSPS) is 16.1. The molecule has 0 saturated carbocycles. The van der Waals surface area contributed by atoms with Gasteiger partial charge in [-0.3, -0.25) is 0 Å². The number of nitrogens with one attached hydrogen (secondary N) is 1. The van der Waals surface area contributed by atoms with E-state index in [1.54, 1.807) is 0 Å². The van der Waals surface area contributed by atoms with Crippen molar-refractivity contribution in [1.29, 1.82) is 0 Å². The molecule has 2 N–H and O–H groups in total. The van der Waals surface area contributed by atoms with Gasteiger partial charge in [-0.2, -0.15) is 0 Å². The predicted octanol–water partition coefficient (Wildman–Crippen LogP) is 3.19. The van der Waals surface area contributed by atoms with Crippen LogP contribution in [0.15, 0.2) is 36.5 Å². The van der Waals surface area contributed by atoms with Gasteiger partial charge >= 0.3 is 5.97 Å². The van der Waals surface area contributed by atoms with Crippen molar-refractivity contribution in [1.82, 2.24) is 4.98 Å². The van der Waals surface area contributed by atoms with Crippen LogP contribution in [-0.4, -0.2) is 22.6 Å². The lowest BCUT2D eigenvalue weighted by Gasteiger charge is -2.30. The van der Waals surface area contributed by atoms with Crippen LogP contribution in [0.5, 0.6) is 0 Å². The molecule has 1 aromatic heterocycles. The Kier molecular flexibility index (Phi) is 3.32. The highest BCUT2D eigenvalue weighted by Gasteiger charge is 2.25. The van der Waals surface area contributed by atoms with Crippen LogP contribution in [0.2, 0.25) is 5.02 Å². The first-order chi connectivity index (χ1) is 9.65. The van der Waals surface area contributed by atoms with E-state index in [0.29, 0.717) is 16.8 Å². The highest BCUT2D eigenvalue weighted by molar-refractivity contribution is 6.33. The number of hydrogen-bond donors (Lipinski definition) is 2. The second kappa shape index (κ2) is 5.13. The van der Waals surface area contributed by atoms with Crippen molar-refractivity contribution >= 4 is 23.4 Å². The van der Waals surface area contributed by atoms with Gasteiger partial charge in [0, 0.05) is 18.7 Å². The Morgan fingerprint density at radius 3 is 2.95 bits per heavy atom. The molecule has 3 rings (SSSR count). The number of carboxylic acids is 1. The highest BCUT2D eigenvalue weighted by atomic mass is 35.5. The Morgan fingerprint density at radius 1 is 1.45 bits per heavy atom. The van der Waals surface area contributed by atoms with Crippen molar-refractivity contribution in [2.75, 3.05) is 11.9 Å². The standard InChI is InChI=1S/C15H13ClN2O2/c16-13-6-11(15(19)20)8-18-14(13)17-7-10-5-9-3-1-2-4-12(9)10/h1-4,6,8,10H,5,7H2,(H,17,18)(H,19,20). The summed E-state index contributed by atoms with van der Waals surface area (Å²) >= 11 is 6.03. The third-order valence-electron chi connectivity index (χ3n) is 3.57. The molecule has 2 aromatic rings. The number of hydrogen-bond acceptors (Lipinski definition) is 3. The van der Waals surface area contributed by atoms with E-state index < -0.39 is 5.97 Å². The molecule has 1 unspecified atom stereocenters. The number of halogens is 1. The maximum Gasteiger partial charge on any atom is 0.337 e. The Hall–Kier alpha value is -2.07. The first kappa shape index (κ1) is 12.9. The monoisotopic (exact) mass is 288 g/mol. The van der Waals surface area contributed by atoms with E-state index in [0.717, 1.165) is 13.0 Å². The van der Waals surface area contributed by atoms with Crippen LogP contribution in [0.4, 0.5) is 5.82 Å². The second-order valence-corrected chi connectivity index (χ2v) is 5.25. The molecule has 0 bridgehead atoms. The number of aromatic nitrogens is 1. The van der Waals surface area contributed by atoms with Gasteiger partial charge in [-0.1, -0.05) is 35.9 Å². The third kappa shape index (κ3) is 2.34. The molecule has 1 aliphatic rings. The minimum absolute atomic E-state index is 0.0922. The van der Waals surface area contributed by atoms with Gasteiger partial charge in [-0.05, 0) is 23.6 Å². The summed E-state index contributed by atoms with van der Waals surface area (Å²) in [7, 11) is 0. The summed E-state index contributed by atoms with van der Waals surface area (Å²) in [6.07, 6.45) is 2.36. The lowest BCUT2D eigenvalue weighted by atomic mass is 9.77. The highest BCUT2D eigenvalue weighted by Crippen LogP contribution is 2.35. The molecular formula is C15H13ClN2O2. The molecule has 0 amide bonds. The van der Waals surface area contributed by atoms with Gasteiger partial charge in [0.25, 0.3) is 0 Å². The van der Waals surface area contributed by atoms with E-state index in [-0.39, 0.29) is 5.56 Å². The SMILES string of the molecule is O=C(O)c1cnc(NCC2Cc3ccccc32)c(Cl)c1. The number of benzene rings is 1. The third-order valence-corrected chi connectivity index (χ3v) is 3.85. The van der Waals surface area contributed by atoms with Gasteiger partial charge in [0.1, 0.15) is 5.82 Å². The Labute approximate surface area is 121 Å². The zero-order valence-electron chi connectivity index (χ0n) is 10.6. The number of rotatable bonds is 4. The molecule has 4 nitrogen and oxygen atoms in total. The van der Waals surface area contributed by atoms with Crippen LogP contribution >= 0.6 is 11.6 Å². The first-order valence-corrected chi connectivity index (χ1v) is 6.73. The maximum absolute atomic E-state index is 10.8. The van der Waals surface area contributed by atoms with Crippen molar-refractivity contribution in [2.24, 2.45) is 0 Å². The topological polar surface area (TPSA) is 62.2 Å². The zero-order valence-corrected chi connectivity index (χ0v) is 11.4. The minimum Gasteiger partial charge on any atom is -0.478 e. The smallest absolute Gasteiger partial charge is 0.337 e. The summed E-state index contributed by atoms with van der Waals surface area (Å²) in [4.78, 5) is 14.9. The van der Waals surface area contributed by atoms with E-state index in [2.05, 4.69) is 22.4 Å². The van der Waals surface area contributed by atoms with Gasteiger partial charge in [0.2, 0.25) is 0 Å². The molecule has 0 fully saturated rings. The van der Waals surface area contributed by atoms with Crippen molar-refractivity contribution in [3.63, 3.8) is 0 Å². The number of fused-ring (bicyclic) bond motifs is 1. The van der Waals surface area contributed by atoms with Gasteiger partial charge in [-0.25, -0.2) is 9.78 Å². The quantitative estimate of drug-likeness (QED) is 0.907. The predicted molar refractivity (Wildman–Crippen MR) is 77.6 cm³/mol. The summed E-state index contributed by atoms with van der Waals surface area (Å²) in [5, 5.41) is 12.4. The van der Waals surface area contributed by atoms with Gasteiger partial charge in [0.15, 0.2) is 0 Å². The van der Waals surface area contributed by atoms with E-state index >= 15 is 0 Å². The van der Waals surface area contributed by atoms with Crippen LogP contribution < -0.4 is 5.32 Å². The lowest BCUT2D eigenvalue weighted by molar-refractivity contribution is 0.0696. The van der Waals surface area contributed by atoms with Crippen LogP contribution in [0.1, 0.15) is 27.4 Å². The molecule has 1 atom stereocenters. The molecule has 0 radical (unpaired) electrons. The summed E-state index contributed by atoms with van der Waals surface area (Å²) in [5.41, 5.74) is 2.84.